The van der Waals surface area contributed by atoms with Crippen molar-refractivity contribution in [1.82, 2.24) is 4.90 Å². The Labute approximate surface area is 117 Å². The Hall–Kier alpha value is -1.04. The molecule has 0 aromatic heterocycles. The van der Waals surface area contributed by atoms with Crippen molar-refractivity contribution in [3.8, 4) is 0 Å². The second-order valence-corrected chi connectivity index (χ2v) is 5.63. The first-order valence-electron chi connectivity index (χ1n) is 7.10. The van der Waals surface area contributed by atoms with Gasteiger partial charge in [0.1, 0.15) is 11.6 Å². The van der Waals surface area contributed by atoms with Crippen LogP contribution >= 0.6 is 0 Å². The summed E-state index contributed by atoms with van der Waals surface area (Å²) in [6.07, 6.45) is 1.21. The number of aliphatic hydroxyl groups excluding tert-OH is 1. The Morgan fingerprint density at radius 2 is 2.00 bits per heavy atom. The van der Waals surface area contributed by atoms with Crippen molar-refractivity contribution in [3.05, 3.63) is 35.4 Å². The predicted molar refractivity (Wildman–Crippen MR) is 70.2 cm³/mol. The van der Waals surface area contributed by atoms with Crippen LogP contribution in [-0.4, -0.2) is 42.4 Å². The zero-order valence-corrected chi connectivity index (χ0v) is 11.3. The molecule has 1 aromatic rings. The lowest BCUT2D eigenvalue weighted by Gasteiger charge is -2.37. The SMILES string of the molecule is OC(CN1CCOCC1C1CC1)c1c(F)cccc1F. The van der Waals surface area contributed by atoms with Crippen LogP contribution in [0.3, 0.4) is 0 Å². The highest BCUT2D eigenvalue weighted by Gasteiger charge is 2.38. The Balaban J connectivity index is 1.72. The molecule has 2 fully saturated rings. The summed E-state index contributed by atoms with van der Waals surface area (Å²) in [6.45, 7) is 2.21. The highest BCUT2D eigenvalue weighted by atomic mass is 19.1. The Bertz CT molecular complexity index is 459. The van der Waals surface area contributed by atoms with Crippen molar-refractivity contribution in [1.29, 1.82) is 0 Å². The third-order valence-electron chi connectivity index (χ3n) is 4.19. The molecule has 1 aromatic carbocycles. The summed E-state index contributed by atoms with van der Waals surface area (Å²) < 4.78 is 32.8. The molecule has 0 amide bonds. The summed E-state index contributed by atoms with van der Waals surface area (Å²) in [5, 5.41) is 10.2. The van der Waals surface area contributed by atoms with Crippen molar-refractivity contribution < 1.29 is 18.6 Å². The van der Waals surface area contributed by atoms with Crippen LogP contribution in [-0.2, 0) is 4.74 Å². The molecule has 2 unspecified atom stereocenters. The van der Waals surface area contributed by atoms with E-state index in [0.717, 1.165) is 0 Å². The van der Waals surface area contributed by atoms with Crippen molar-refractivity contribution in [2.24, 2.45) is 5.92 Å². The number of rotatable bonds is 4. The second-order valence-electron chi connectivity index (χ2n) is 5.63. The second kappa shape index (κ2) is 5.76. The van der Waals surface area contributed by atoms with Crippen LogP contribution in [0, 0.1) is 17.6 Å². The monoisotopic (exact) mass is 283 g/mol. The molecule has 1 N–H and O–H groups in total. The summed E-state index contributed by atoms with van der Waals surface area (Å²) >= 11 is 0. The molecule has 0 spiro atoms. The van der Waals surface area contributed by atoms with E-state index in [1.54, 1.807) is 0 Å². The van der Waals surface area contributed by atoms with Gasteiger partial charge in [0.25, 0.3) is 0 Å². The van der Waals surface area contributed by atoms with Gasteiger partial charge in [0.2, 0.25) is 0 Å². The minimum Gasteiger partial charge on any atom is -0.387 e. The van der Waals surface area contributed by atoms with Crippen molar-refractivity contribution in [2.75, 3.05) is 26.3 Å². The summed E-state index contributed by atoms with van der Waals surface area (Å²) in [5.74, 6) is -0.768. The third-order valence-corrected chi connectivity index (χ3v) is 4.19. The first-order chi connectivity index (χ1) is 9.66. The molecule has 3 rings (SSSR count). The van der Waals surface area contributed by atoms with E-state index in [1.165, 1.54) is 31.0 Å². The molecule has 1 saturated heterocycles. The topological polar surface area (TPSA) is 32.7 Å². The minimum absolute atomic E-state index is 0.228. The first-order valence-corrected chi connectivity index (χ1v) is 7.10. The zero-order chi connectivity index (χ0) is 14.1. The van der Waals surface area contributed by atoms with Gasteiger partial charge in [0, 0.05) is 19.1 Å². The van der Waals surface area contributed by atoms with Gasteiger partial charge in [-0.3, -0.25) is 4.90 Å². The summed E-state index contributed by atoms with van der Waals surface area (Å²) in [7, 11) is 0. The van der Waals surface area contributed by atoms with Gasteiger partial charge in [-0.25, -0.2) is 8.78 Å². The van der Waals surface area contributed by atoms with Gasteiger partial charge >= 0.3 is 0 Å². The van der Waals surface area contributed by atoms with Gasteiger partial charge in [-0.2, -0.15) is 0 Å². The smallest absolute Gasteiger partial charge is 0.131 e. The molecule has 20 heavy (non-hydrogen) atoms. The third kappa shape index (κ3) is 2.85. The van der Waals surface area contributed by atoms with E-state index in [-0.39, 0.29) is 18.2 Å². The van der Waals surface area contributed by atoms with E-state index in [2.05, 4.69) is 4.90 Å². The van der Waals surface area contributed by atoms with E-state index in [9.17, 15) is 13.9 Å². The van der Waals surface area contributed by atoms with Crippen LogP contribution in [0.5, 0.6) is 0 Å². The number of hydrogen-bond donors (Lipinski definition) is 1. The molecule has 2 atom stereocenters. The Kier molecular flexibility index (Phi) is 4.01. The molecule has 0 radical (unpaired) electrons. The number of ether oxygens (including phenoxy) is 1. The maximum absolute atomic E-state index is 13.7. The fourth-order valence-electron chi connectivity index (χ4n) is 2.94. The molecule has 2 aliphatic rings. The van der Waals surface area contributed by atoms with E-state index >= 15 is 0 Å². The lowest BCUT2D eigenvalue weighted by atomic mass is 10.0. The summed E-state index contributed by atoms with van der Waals surface area (Å²) in [4.78, 5) is 2.11. The molecule has 110 valence electrons. The highest BCUT2D eigenvalue weighted by Crippen LogP contribution is 2.37. The van der Waals surface area contributed by atoms with Crippen LogP contribution in [0.15, 0.2) is 18.2 Å². The molecule has 1 heterocycles. The predicted octanol–water partition coefficient (Wildman–Crippen LogP) is 2.11. The summed E-state index contributed by atoms with van der Waals surface area (Å²) in [5.41, 5.74) is -0.228. The number of halogens is 2. The normalized spacial score (nSPS) is 25.6. The lowest BCUT2D eigenvalue weighted by Crippen LogP contribution is -2.48. The van der Waals surface area contributed by atoms with Crippen LogP contribution in [0.4, 0.5) is 8.78 Å². The number of benzene rings is 1. The van der Waals surface area contributed by atoms with Gasteiger partial charge in [0.15, 0.2) is 0 Å². The van der Waals surface area contributed by atoms with Gasteiger partial charge in [0.05, 0.1) is 24.9 Å². The number of nitrogens with zero attached hydrogens (tertiary/aromatic N) is 1. The van der Waals surface area contributed by atoms with Gasteiger partial charge in [-0.05, 0) is 30.9 Å². The standard InChI is InChI=1S/C15H19F2NO2/c16-11-2-1-3-12(17)15(11)14(19)8-18-6-7-20-9-13(18)10-4-5-10/h1-3,10,13-14,19H,4-9H2. The maximum atomic E-state index is 13.7. The highest BCUT2D eigenvalue weighted by molar-refractivity contribution is 5.22. The molecule has 1 aliphatic carbocycles. The molecule has 3 nitrogen and oxygen atoms in total. The minimum atomic E-state index is -1.14. The molecule has 1 aliphatic heterocycles. The quantitative estimate of drug-likeness (QED) is 0.918. The fourth-order valence-corrected chi connectivity index (χ4v) is 2.94. The molecule has 1 saturated carbocycles. The maximum Gasteiger partial charge on any atom is 0.131 e. The summed E-state index contributed by atoms with van der Waals surface area (Å²) in [6, 6.07) is 3.94. The van der Waals surface area contributed by atoms with E-state index in [1.807, 2.05) is 0 Å². The first kappa shape index (κ1) is 13.9. The van der Waals surface area contributed by atoms with Crippen LogP contribution in [0.2, 0.25) is 0 Å². The van der Waals surface area contributed by atoms with Gasteiger partial charge < -0.3 is 9.84 Å². The number of β-amino-alcohol motifs (C(OH)–C–C–N with tert-alkyl or cyclic N) is 1. The van der Waals surface area contributed by atoms with Gasteiger partial charge in [-0.1, -0.05) is 6.07 Å². The lowest BCUT2D eigenvalue weighted by molar-refractivity contribution is -0.0348. The van der Waals surface area contributed by atoms with Crippen molar-refractivity contribution in [2.45, 2.75) is 25.0 Å². The number of aliphatic hydroxyl groups is 1. The fraction of sp³-hybridized carbons (Fsp3) is 0.600. The molecular formula is C15H19F2NO2. The van der Waals surface area contributed by atoms with Gasteiger partial charge in [-0.15, -0.1) is 0 Å². The van der Waals surface area contributed by atoms with Crippen LogP contribution in [0.1, 0.15) is 24.5 Å². The Morgan fingerprint density at radius 1 is 1.30 bits per heavy atom. The van der Waals surface area contributed by atoms with Crippen LogP contribution in [0.25, 0.3) is 0 Å². The van der Waals surface area contributed by atoms with E-state index in [4.69, 9.17) is 4.74 Å². The van der Waals surface area contributed by atoms with Crippen LogP contribution < -0.4 is 0 Å². The molecule has 5 heteroatoms. The largest absolute Gasteiger partial charge is 0.387 e. The Morgan fingerprint density at radius 3 is 2.65 bits per heavy atom. The number of morpholine rings is 1. The molecular weight excluding hydrogens is 264 g/mol. The van der Waals surface area contributed by atoms with Crippen molar-refractivity contribution >= 4 is 0 Å². The molecule has 0 bridgehead atoms. The number of hydrogen-bond acceptors (Lipinski definition) is 3. The van der Waals surface area contributed by atoms with E-state index in [0.29, 0.717) is 25.7 Å². The zero-order valence-electron chi connectivity index (χ0n) is 11.3. The van der Waals surface area contributed by atoms with Crippen molar-refractivity contribution in [3.63, 3.8) is 0 Å². The average Bonchev–Trinajstić information content (AvgIpc) is 3.23. The van der Waals surface area contributed by atoms with E-state index < -0.39 is 17.7 Å². The average molecular weight is 283 g/mol.